The Morgan fingerprint density at radius 3 is 2.58 bits per heavy atom. The molecule has 0 unspecified atom stereocenters. The number of aromatic amines is 1. The van der Waals surface area contributed by atoms with Crippen molar-refractivity contribution in [3.05, 3.63) is 11.4 Å². The van der Waals surface area contributed by atoms with Gasteiger partial charge in [-0.3, -0.25) is 9.89 Å². The van der Waals surface area contributed by atoms with Crippen LogP contribution in [0, 0.1) is 6.92 Å². The molecule has 0 aliphatic heterocycles. The minimum Gasteiger partial charge on any atom is -0.340 e. The molecule has 8 heteroatoms. The second-order valence-corrected chi connectivity index (χ2v) is 6.00. The lowest BCUT2D eigenvalue weighted by atomic mass is 10.2. The number of rotatable bonds is 6. The van der Waals surface area contributed by atoms with Crippen LogP contribution in [0.4, 0.5) is 0 Å². The minimum absolute atomic E-state index is 0.140. The van der Waals surface area contributed by atoms with Crippen LogP contribution >= 0.6 is 0 Å². The summed E-state index contributed by atoms with van der Waals surface area (Å²) in [7, 11) is -2.35. The SMILES string of the molecule is CCCCCN(C)C(=O)c1n[nH]c(C)c1S(N)(=O)=O. The minimum atomic E-state index is -3.97. The first-order chi connectivity index (χ1) is 8.79. The molecule has 1 rings (SSSR count). The third kappa shape index (κ3) is 3.77. The summed E-state index contributed by atoms with van der Waals surface area (Å²) in [6.45, 7) is 4.14. The lowest BCUT2D eigenvalue weighted by Gasteiger charge is -2.16. The first kappa shape index (κ1) is 15.6. The van der Waals surface area contributed by atoms with Gasteiger partial charge in [0.2, 0.25) is 10.0 Å². The summed E-state index contributed by atoms with van der Waals surface area (Å²) in [5, 5.41) is 11.4. The topological polar surface area (TPSA) is 109 Å². The molecule has 0 saturated carbocycles. The van der Waals surface area contributed by atoms with Gasteiger partial charge in [0.1, 0.15) is 4.90 Å². The maximum atomic E-state index is 12.1. The van der Waals surface area contributed by atoms with E-state index in [4.69, 9.17) is 5.14 Å². The van der Waals surface area contributed by atoms with Gasteiger partial charge in [0.25, 0.3) is 5.91 Å². The van der Waals surface area contributed by atoms with E-state index < -0.39 is 15.9 Å². The van der Waals surface area contributed by atoms with Crippen molar-refractivity contribution in [2.45, 2.75) is 38.0 Å². The van der Waals surface area contributed by atoms with Crippen LogP contribution in [-0.2, 0) is 10.0 Å². The van der Waals surface area contributed by atoms with E-state index in [1.807, 2.05) is 0 Å². The number of nitrogens with zero attached hydrogens (tertiary/aromatic N) is 2. The third-order valence-electron chi connectivity index (χ3n) is 2.82. The summed E-state index contributed by atoms with van der Waals surface area (Å²) in [6.07, 6.45) is 2.93. The molecule has 1 aromatic rings. The van der Waals surface area contributed by atoms with Crippen molar-refractivity contribution >= 4 is 15.9 Å². The van der Waals surface area contributed by atoms with Crippen LogP contribution in [0.3, 0.4) is 0 Å². The number of sulfonamides is 1. The average molecular weight is 288 g/mol. The molecule has 0 aromatic carbocycles. The normalized spacial score (nSPS) is 11.6. The first-order valence-corrected chi connectivity index (χ1v) is 7.66. The lowest BCUT2D eigenvalue weighted by molar-refractivity contribution is 0.0783. The number of primary sulfonamides is 1. The van der Waals surface area contributed by atoms with Crippen LogP contribution in [0.15, 0.2) is 4.90 Å². The highest BCUT2D eigenvalue weighted by molar-refractivity contribution is 7.89. The highest BCUT2D eigenvalue weighted by atomic mass is 32.2. The van der Waals surface area contributed by atoms with E-state index in [2.05, 4.69) is 17.1 Å². The molecular weight excluding hydrogens is 268 g/mol. The number of aryl methyl sites for hydroxylation is 1. The summed E-state index contributed by atoms with van der Waals surface area (Å²) in [6, 6.07) is 0. The zero-order valence-corrected chi connectivity index (χ0v) is 12.2. The zero-order chi connectivity index (χ0) is 14.6. The van der Waals surface area contributed by atoms with Crippen molar-refractivity contribution in [3.63, 3.8) is 0 Å². The quantitative estimate of drug-likeness (QED) is 0.748. The summed E-state index contributed by atoms with van der Waals surface area (Å²) in [4.78, 5) is 13.4. The number of carbonyl (C=O) groups is 1. The van der Waals surface area contributed by atoms with Gasteiger partial charge in [-0.25, -0.2) is 13.6 Å². The molecule has 0 atom stereocenters. The maximum Gasteiger partial charge on any atom is 0.275 e. The van der Waals surface area contributed by atoms with Gasteiger partial charge in [-0.1, -0.05) is 19.8 Å². The van der Waals surface area contributed by atoms with Gasteiger partial charge in [0.05, 0.1) is 5.69 Å². The number of H-pyrrole nitrogens is 1. The van der Waals surface area contributed by atoms with Gasteiger partial charge in [0, 0.05) is 13.6 Å². The molecule has 1 heterocycles. The molecule has 0 aliphatic rings. The predicted octanol–water partition coefficient (Wildman–Crippen LogP) is 0.628. The summed E-state index contributed by atoms with van der Waals surface area (Å²) < 4.78 is 22.9. The van der Waals surface area contributed by atoms with Crippen LogP contribution in [-0.4, -0.2) is 43.0 Å². The van der Waals surface area contributed by atoms with Crippen molar-refractivity contribution in [1.82, 2.24) is 15.1 Å². The van der Waals surface area contributed by atoms with Gasteiger partial charge < -0.3 is 4.90 Å². The summed E-state index contributed by atoms with van der Waals surface area (Å²) in [5.41, 5.74) is 0.131. The molecule has 108 valence electrons. The Balaban J connectivity index is 2.95. The zero-order valence-electron chi connectivity index (χ0n) is 11.4. The van der Waals surface area contributed by atoms with E-state index in [0.29, 0.717) is 6.54 Å². The van der Waals surface area contributed by atoms with Crippen molar-refractivity contribution < 1.29 is 13.2 Å². The molecule has 0 radical (unpaired) electrons. The number of hydrogen-bond donors (Lipinski definition) is 2. The fourth-order valence-corrected chi connectivity index (χ4v) is 2.67. The van der Waals surface area contributed by atoms with Crippen LogP contribution in [0.1, 0.15) is 42.4 Å². The highest BCUT2D eigenvalue weighted by Gasteiger charge is 2.27. The first-order valence-electron chi connectivity index (χ1n) is 6.12. The van der Waals surface area contributed by atoms with E-state index in [0.717, 1.165) is 19.3 Å². The molecule has 19 heavy (non-hydrogen) atoms. The molecule has 3 N–H and O–H groups in total. The number of nitrogens with one attached hydrogen (secondary N) is 1. The highest BCUT2D eigenvalue weighted by Crippen LogP contribution is 2.17. The molecule has 7 nitrogen and oxygen atoms in total. The van der Waals surface area contributed by atoms with E-state index in [-0.39, 0.29) is 16.3 Å². The van der Waals surface area contributed by atoms with Gasteiger partial charge in [-0.05, 0) is 13.3 Å². The van der Waals surface area contributed by atoms with E-state index in [1.165, 1.54) is 11.8 Å². The molecular formula is C11H20N4O3S. The number of unbranched alkanes of at least 4 members (excludes halogenated alkanes) is 2. The number of amides is 1. The number of nitrogens with two attached hydrogens (primary N) is 1. The van der Waals surface area contributed by atoms with Gasteiger partial charge in [-0.15, -0.1) is 0 Å². The molecule has 1 amide bonds. The third-order valence-corrected chi connectivity index (χ3v) is 3.89. The largest absolute Gasteiger partial charge is 0.340 e. The second kappa shape index (κ2) is 6.16. The average Bonchev–Trinajstić information content (AvgIpc) is 2.70. The van der Waals surface area contributed by atoms with Crippen molar-refractivity contribution in [2.75, 3.05) is 13.6 Å². The summed E-state index contributed by atoms with van der Waals surface area (Å²) in [5.74, 6) is -0.440. The Labute approximate surface area is 113 Å². The molecule has 0 aliphatic carbocycles. The van der Waals surface area contributed by atoms with Crippen LogP contribution in [0.5, 0.6) is 0 Å². The lowest BCUT2D eigenvalue weighted by Crippen LogP contribution is -2.30. The Bertz CT molecular complexity index is 550. The summed E-state index contributed by atoms with van der Waals surface area (Å²) >= 11 is 0. The van der Waals surface area contributed by atoms with Crippen LogP contribution in [0.25, 0.3) is 0 Å². The van der Waals surface area contributed by atoms with E-state index >= 15 is 0 Å². The van der Waals surface area contributed by atoms with Crippen molar-refractivity contribution in [3.8, 4) is 0 Å². The smallest absolute Gasteiger partial charge is 0.275 e. The van der Waals surface area contributed by atoms with Gasteiger partial charge in [0.15, 0.2) is 5.69 Å². The van der Waals surface area contributed by atoms with Gasteiger partial charge in [-0.2, -0.15) is 5.10 Å². The molecule has 0 saturated heterocycles. The Morgan fingerprint density at radius 2 is 2.05 bits per heavy atom. The molecule has 0 bridgehead atoms. The number of aromatic nitrogens is 2. The second-order valence-electron chi connectivity index (χ2n) is 4.51. The van der Waals surface area contributed by atoms with Crippen LogP contribution in [0.2, 0.25) is 0 Å². The Morgan fingerprint density at radius 1 is 1.42 bits per heavy atom. The molecule has 0 fully saturated rings. The van der Waals surface area contributed by atoms with Crippen molar-refractivity contribution in [1.29, 1.82) is 0 Å². The predicted molar refractivity (Wildman–Crippen MR) is 71.2 cm³/mol. The van der Waals surface area contributed by atoms with E-state index in [9.17, 15) is 13.2 Å². The monoisotopic (exact) mass is 288 g/mol. The van der Waals surface area contributed by atoms with E-state index in [1.54, 1.807) is 7.05 Å². The Kier molecular flexibility index (Phi) is 5.07. The van der Waals surface area contributed by atoms with Crippen LogP contribution < -0.4 is 5.14 Å². The fraction of sp³-hybridized carbons (Fsp3) is 0.636. The maximum absolute atomic E-state index is 12.1. The molecule has 0 spiro atoms. The molecule has 1 aromatic heterocycles. The Hall–Kier alpha value is -1.41. The number of carbonyl (C=O) groups excluding carboxylic acids is 1. The number of hydrogen-bond acceptors (Lipinski definition) is 4. The standard InChI is InChI=1S/C11H20N4O3S/c1-4-5-6-7-15(3)11(16)9-10(19(12,17)18)8(2)13-14-9/h4-7H2,1-3H3,(H,13,14)(H2,12,17,18). The van der Waals surface area contributed by atoms with Crippen molar-refractivity contribution in [2.24, 2.45) is 5.14 Å². The fourth-order valence-electron chi connectivity index (χ4n) is 1.79. The van der Waals surface area contributed by atoms with Gasteiger partial charge >= 0.3 is 0 Å².